The van der Waals surface area contributed by atoms with Crippen LogP contribution in [0.1, 0.15) is 85.6 Å². The van der Waals surface area contributed by atoms with Crippen LogP contribution in [0.15, 0.2) is 213 Å². The minimum Gasteiger partial charge on any atom is -0.396 e. The Hall–Kier alpha value is -17.3. The molecule has 0 aliphatic heterocycles. The fraction of sp³-hybridized carbons (Fsp3) is 0.245. The van der Waals surface area contributed by atoms with Gasteiger partial charge in [-0.1, -0.05) is 121 Å². The van der Waals surface area contributed by atoms with Crippen LogP contribution in [0.5, 0.6) is 0 Å². The van der Waals surface area contributed by atoms with Gasteiger partial charge in [-0.3, -0.25) is 24.0 Å². The number of nitrogens with two attached hydrogens (primary N) is 5. The average molecular weight is 1820 g/mol. The van der Waals surface area contributed by atoms with E-state index >= 15 is 0 Å². The third kappa shape index (κ3) is 22.0. The smallest absolute Gasteiger partial charge is 0.229 e. The van der Waals surface area contributed by atoms with Crippen molar-refractivity contribution in [3.63, 3.8) is 0 Å². The second-order valence-corrected chi connectivity index (χ2v) is 35.1. The van der Waals surface area contributed by atoms with Gasteiger partial charge in [-0.2, -0.15) is 21.0 Å². The Kier molecular flexibility index (Phi) is 27.9. The third-order valence-electron chi connectivity index (χ3n) is 25.4. The summed E-state index contributed by atoms with van der Waals surface area (Å²) in [5.74, 6) is 4.33. The van der Waals surface area contributed by atoms with Crippen LogP contribution < -0.4 is 55.3 Å². The molecule has 682 valence electrons. The molecule has 10 heterocycles. The number of nitrogens with zero attached hydrogens (tertiary/aromatic N) is 15. The lowest BCUT2D eigenvalue weighted by Gasteiger charge is -2.11. The van der Waals surface area contributed by atoms with Gasteiger partial charge in [0.25, 0.3) is 0 Å². The third-order valence-corrected chi connectivity index (χ3v) is 25.4. The van der Waals surface area contributed by atoms with Gasteiger partial charge in [-0.15, -0.1) is 0 Å². The molecular formula is C106H97N25O6. The highest BCUT2D eigenvalue weighted by atomic mass is 16.3. The Balaban J connectivity index is 0.000000124. The highest BCUT2D eigenvalue weighted by Gasteiger charge is 2.47. The number of nitrogens with one attached hydrogen (secondary N) is 5. The zero-order valence-corrected chi connectivity index (χ0v) is 75.5. The Bertz CT molecular complexity index is 6800. The fourth-order valence-electron chi connectivity index (χ4n) is 17.1. The molecule has 31 heteroatoms. The Morgan fingerprint density at radius 1 is 0.343 bits per heavy atom. The molecule has 0 unspecified atom stereocenters. The number of aliphatic hydroxyl groups excluding tert-OH is 1. The van der Waals surface area contributed by atoms with Crippen LogP contribution >= 0.6 is 0 Å². The second-order valence-electron chi connectivity index (χ2n) is 35.1. The molecule has 0 spiro atoms. The summed E-state index contributed by atoms with van der Waals surface area (Å²) >= 11 is 0. The molecule has 5 fully saturated rings. The van der Waals surface area contributed by atoms with E-state index in [-0.39, 0.29) is 95.3 Å². The number of benzene rings is 5. The predicted molar refractivity (Wildman–Crippen MR) is 530 cm³/mol. The van der Waals surface area contributed by atoms with E-state index in [1.807, 2.05) is 204 Å². The number of aryl methyl sites for hydroxylation is 4. The van der Waals surface area contributed by atoms with E-state index in [1.54, 1.807) is 37.1 Å². The average Bonchev–Trinajstić information content (AvgIpc) is 0.873. The van der Waals surface area contributed by atoms with Crippen molar-refractivity contribution in [2.45, 2.75) is 91.9 Å². The summed E-state index contributed by atoms with van der Waals surface area (Å²) in [7, 11) is 0. The lowest BCUT2D eigenvalue weighted by molar-refractivity contribution is -0.118. The van der Waals surface area contributed by atoms with Crippen molar-refractivity contribution in [3.05, 3.63) is 252 Å². The molecule has 10 atom stereocenters. The van der Waals surface area contributed by atoms with Crippen LogP contribution in [-0.2, 0) is 30.4 Å². The van der Waals surface area contributed by atoms with Gasteiger partial charge in [0.1, 0.15) is 58.2 Å². The zero-order valence-electron chi connectivity index (χ0n) is 75.5. The lowest BCUT2D eigenvalue weighted by atomic mass is 10.0. The number of carbonyl (C=O) groups excluding carboxylic acids is 5. The summed E-state index contributed by atoms with van der Waals surface area (Å²) in [6.07, 6.45) is 14.2. The molecule has 0 bridgehead atoms. The van der Waals surface area contributed by atoms with Gasteiger partial charge in [0.2, 0.25) is 36.1 Å². The molecule has 5 amide bonds. The molecule has 5 aliphatic carbocycles. The van der Waals surface area contributed by atoms with E-state index in [9.17, 15) is 29.1 Å². The van der Waals surface area contributed by atoms with Crippen molar-refractivity contribution in [2.24, 2.45) is 59.2 Å². The summed E-state index contributed by atoms with van der Waals surface area (Å²) < 4.78 is 0. The quantitative estimate of drug-likeness (QED) is 0.0281. The Morgan fingerprint density at radius 2 is 0.562 bits per heavy atom. The van der Waals surface area contributed by atoms with Crippen LogP contribution in [0.4, 0.5) is 58.2 Å². The van der Waals surface area contributed by atoms with Crippen molar-refractivity contribution in [1.29, 1.82) is 21.0 Å². The lowest BCUT2D eigenvalue weighted by Crippen LogP contribution is -2.16. The number of aromatic nitrogens is 10. The number of pyridine rings is 10. The first-order valence-electron chi connectivity index (χ1n) is 45.0. The van der Waals surface area contributed by atoms with E-state index in [2.05, 4.69) is 106 Å². The SMILES string of the molecule is Cc1ccccc1-c1cc2cc(NC(=O)[C@@H]3C[C@H]3CC#N)ncc2c(N)n1.Cc1ccccc1-c1cc2cc(NC(=O)[C@@H]3C[C@H]3CC#N)ncc2c(N)n1.Cc1ccccc1-c1cc2cc(NC(=O)[C@H]3C[C@@H]3CC#N)ncc2c(N)n1.N#CC[C@H]1C[C@@H]1C(=O)Nc1cc2cc(-c3ccccc3CCO)nc(N)c2cn1.[C-]#[N+]C[C@H]1C[C@@H]1C(=O)Nc1cc2cc(-c3ccccc3C)nc(N)c2cn1. The molecule has 0 radical (unpaired) electrons. The molecule has 0 saturated heterocycles. The Labute approximate surface area is 789 Å². The molecule has 5 aliphatic rings. The van der Waals surface area contributed by atoms with Crippen molar-refractivity contribution in [3.8, 4) is 80.6 Å². The number of fused-ring (bicyclic) bond motifs is 5. The minimum absolute atomic E-state index is 0.0497. The van der Waals surface area contributed by atoms with Crippen LogP contribution in [0.2, 0.25) is 0 Å². The summed E-state index contributed by atoms with van der Waals surface area (Å²) in [6, 6.07) is 67.0. The van der Waals surface area contributed by atoms with Crippen molar-refractivity contribution in [1.82, 2.24) is 49.8 Å². The molecule has 5 saturated carbocycles. The summed E-state index contributed by atoms with van der Waals surface area (Å²) in [5.41, 5.74) is 45.0. The van der Waals surface area contributed by atoms with Gasteiger partial charge in [0.05, 0.1) is 52.7 Å². The number of nitrogen functional groups attached to an aromatic ring is 5. The number of carbonyl (C=O) groups is 5. The number of aliphatic hydroxyl groups is 1. The summed E-state index contributed by atoms with van der Waals surface area (Å²) in [6.45, 7) is 15.5. The largest absolute Gasteiger partial charge is 0.396 e. The topological polar surface area (TPSA) is 524 Å². The number of amides is 5. The highest BCUT2D eigenvalue weighted by molar-refractivity contribution is 6.04. The van der Waals surface area contributed by atoms with E-state index in [0.29, 0.717) is 108 Å². The first kappa shape index (κ1) is 92.9. The van der Waals surface area contributed by atoms with E-state index in [0.717, 1.165) is 159 Å². The van der Waals surface area contributed by atoms with Crippen LogP contribution in [0, 0.1) is 139 Å². The first-order valence-corrected chi connectivity index (χ1v) is 45.0. The first-order chi connectivity index (χ1) is 66.4. The maximum Gasteiger partial charge on any atom is 0.229 e. The summed E-state index contributed by atoms with van der Waals surface area (Å²) in [5, 5.41) is 66.6. The molecule has 10 aromatic heterocycles. The molecule has 16 N–H and O–H groups in total. The molecule has 31 nitrogen and oxygen atoms in total. The fourth-order valence-corrected chi connectivity index (χ4v) is 17.1. The van der Waals surface area contributed by atoms with Gasteiger partial charge in [0.15, 0.2) is 0 Å². The number of rotatable bonds is 22. The number of nitriles is 4. The van der Waals surface area contributed by atoms with Gasteiger partial charge in [-0.25, -0.2) is 56.4 Å². The second kappa shape index (κ2) is 41.2. The van der Waals surface area contributed by atoms with Crippen LogP contribution in [0.25, 0.3) is 115 Å². The number of hydrogen-bond acceptors (Lipinski definition) is 25. The van der Waals surface area contributed by atoms with Crippen molar-refractivity contribution >= 4 is 142 Å². The van der Waals surface area contributed by atoms with Gasteiger partial charge >= 0.3 is 0 Å². The highest BCUT2D eigenvalue weighted by Crippen LogP contribution is 2.47. The van der Waals surface area contributed by atoms with Crippen molar-refractivity contribution in [2.75, 3.05) is 68.4 Å². The van der Waals surface area contributed by atoms with E-state index in [1.165, 1.54) is 0 Å². The van der Waals surface area contributed by atoms with Crippen LogP contribution in [0.3, 0.4) is 0 Å². The zero-order chi connectivity index (χ0) is 96.2. The molecule has 137 heavy (non-hydrogen) atoms. The number of hydrogen-bond donors (Lipinski definition) is 11. The standard InChI is InChI=1S/C22H21N5O2.4C21H19N5O/c23-7-5-14-9-17(14)22(29)27-20-11-15-10-19(26-21(24)18(15)12-25-20)16-4-2-1-3-13(16)6-8-28;1-12-5-3-4-6-15(12)18-8-13-9-19(24-11-17(13)20(22)25-18)26-21(27)16-7-14(16)10-23-2;3*1-12-4-2-3-5-15(12)18-9-14-10-19(24-11-17(14)20(23)25-18)26-21(27)16-8-13(16)6-7-22/h1-4,10-12,14,17,28H,5-6,8-9H2,(H2,24,26)(H,25,27,29);3-6,8-9,11,14,16H,7,10H2,1H3,(H2,22,25)(H,24,26,27);3*2-5,9-11,13,16H,6,8H2,1H3,(H2,23,25)(H,24,26,27)/t14-,17-;14-,16+;3*13-,16-/m01110/s1. The molecule has 20 rings (SSSR count). The maximum absolute atomic E-state index is 12.3. The minimum atomic E-state index is -0.115. The normalized spacial score (nSPS) is 18.0. The van der Waals surface area contributed by atoms with E-state index < -0.39 is 0 Å². The van der Waals surface area contributed by atoms with Crippen molar-refractivity contribution < 1.29 is 29.1 Å². The monoisotopic (exact) mass is 1820 g/mol. The molecule has 5 aromatic carbocycles. The van der Waals surface area contributed by atoms with Crippen LogP contribution in [-0.4, -0.2) is 97.6 Å². The van der Waals surface area contributed by atoms with Gasteiger partial charge < -0.3 is 65.2 Å². The van der Waals surface area contributed by atoms with Gasteiger partial charge in [0, 0.05) is 154 Å². The maximum atomic E-state index is 12.3. The summed E-state index contributed by atoms with van der Waals surface area (Å²) in [4.78, 5) is 109. The molecule has 15 aromatic rings. The van der Waals surface area contributed by atoms with E-state index in [4.69, 9.17) is 56.3 Å². The van der Waals surface area contributed by atoms with Gasteiger partial charge in [-0.05, 0) is 205 Å². The Morgan fingerprint density at radius 3 is 0.796 bits per heavy atom. The predicted octanol–water partition coefficient (Wildman–Crippen LogP) is 17.6. The number of anilines is 10. The molecular weight excluding hydrogens is 1720 g/mol.